The molecule has 4 rings (SSSR count). The Labute approximate surface area is 145 Å². The fraction of sp³-hybridized carbons (Fsp3) is 0.211. The summed E-state index contributed by atoms with van der Waals surface area (Å²) < 4.78 is 13.5. The summed E-state index contributed by atoms with van der Waals surface area (Å²) in [4.78, 5) is 13.7. The first-order valence-corrected chi connectivity index (χ1v) is 8.28. The SMILES string of the molecule is NC1CCc2nc(-c3ccccn3)nc(Nc3cccc(F)c3)c2C1. The number of anilines is 2. The molecule has 2 aromatic heterocycles. The Hall–Kier alpha value is -2.86. The standard InChI is InChI=1S/C19H18FN5/c20-12-4-3-5-14(10-12)23-18-15-11-13(21)7-8-16(15)24-19(25-18)17-6-1-2-9-22-17/h1-6,9-10,13H,7-8,11,21H2,(H,23,24,25). The van der Waals surface area contributed by atoms with Crippen LogP contribution in [0.5, 0.6) is 0 Å². The zero-order valence-corrected chi connectivity index (χ0v) is 13.6. The molecule has 126 valence electrons. The second-order valence-corrected chi connectivity index (χ2v) is 6.17. The van der Waals surface area contributed by atoms with E-state index in [-0.39, 0.29) is 11.9 Å². The van der Waals surface area contributed by atoms with Gasteiger partial charge in [-0.2, -0.15) is 0 Å². The molecule has 0 aliphatic heterocycles. The zero-order chi connectivity index (χ0) is 17.2. The van der Waals surface area contributed by atoms with Crippen molar-refractivity contribution >= 4 is 11.5 Å². The lowest BCUT2D eigenvalue weighted by atomic mass is 9.92. The van der Waals surface area contributed by atoms with E-state index in [1.54, 1.807) is 18.3 Å². The number of aryl methyl sites for hydroxylation is 1. The van der Waals surface area contributed by atoms with Gasteiger partial charge in [0.15, 0.2) is 5.82 Å². The molecule has 5 nitrogen and oxygen atoms in total. The van der Waals surface area contributed by atoms with E-state index in [1.165, 1.54) is 12.1 Å². The molecule has 1 atom stereocenters. The van der Waals surface area contributed by atoms with Crippen LogP contribution in [-0.2, 0) is 12.8 Å². The number of hydrogen-bond donors (Lipinski definition) is 2. The molecule has 3 N–H and O–H groups in total. The number of nitrogens with two attached hydrogens (primary N) is 1. The van der Waals surface area contributed by atoms with Gasteiger partial charge < -0.3 is 11.1 Å². The molecule has 1 aliphatic carbocycles. The summed E-state index contributed by atoms with van der Waals surface area (Å²) in [6, 6.07) is 12.0. The van der Waals surface area contributed by atoms with Gasteiger partial charge in [-0.1, -0.05) is 12.1 Å². The number of nitrogens with zero attached hydrogens (tertiary/aromatic N) is 3. The number of rotatable bonds is 3. The van der Waals surface area contributed by atoms with Crippen LogP contribution in [0.25, 0.3) is 11.5 Å². The Bertz CT molecular complexity index is 898. The molecule has 0 amide bonds. The maximum Gasteiger partial charge on any atom is 0.180 e. The lowest BCUT2D eigenvalue weighted by molar-refractivity contribution is 0.566. The molecule has 0 saturated carbocycles. The molecule has 1 unspecified atom stereocenters. The summed E-state index contributed by atoms with van der Waals surface area (Å²) in [5.74, 6) is 0.940. The van der Waals surface area contributed by atoms with Crippen LogP contribution in [0.15, 0.2) is 48.7 Å². The van der Waals surface area contributed by atoms with E-state index in [1.807, 2.05) is 18.2 Å². The van der Waals surface area contributed by atoms with Gasteiger partial charge in [0.2, 0.25) is 0 Å². The first kappa shape index (κ1) is 15.7. The van der Waals surface area contributed by atoms with E-state index in [0.29, 0.717) is 29.4 Å². The minimum absolute atomic E-state index is 0.0878. The summed E-state index contributed by atoms with van der Waals surface area (Å²) in [5, 5.41) is 3.23. The summed E-state index contributed by atoms with van der Waals surface area (Å²) in [5.41, 5.74) is 9.47. The van der Waals surface area contributed by atoms with Crippen molar-refractivity contribution in [3.05, 3.63) is 65.7 Å². The molecule has 1 aliphatic rings. The van der Waals surface area contributed by atoms with Gasteiger partial charge in [0.1, 0.15) is 17.3 Å². The van der Waals surface area contributed by atoms with Crippen molar-refractivity contribution in [2.45, 2.75) is 25.3 Å². The Morgan fingerprint density at radius 1 is 1.12 bits per heavy atom. The highest BCUT2D eigenvalue weighted by atomic mass is 19.1. The Morgan fingerprint density at radius 3 is 2.84 bits per heavy atom. The minimum Gasteiger partial charge on any atom is -0.340 e. The number of nitrogens with one attached hydrogen (secondary N) is 1. The third kappa shape index (κ3) is 3.34. The molecule has 25 heavy (non-hydrogen) atoms. The smallest absolute Gasteiger partial charge is 0.180 e. The number of benzene rings is 1. The second-order valence-electron chi connectivity index (χ2n) is 6.17. The van der Waals surface area contributed by atoms with Crippen molar-refractivity contribution in [1.82, 2.24) is 15.0 Å². The van der Waals surface area contributed by atoms with E-state index in [2.05, 4.69) is 15.3 Å². The van der Waals surface area contributed by atoms with E-state index in [9.17, 15) is 4.39 Å². The topological polar surface area (TPSA) is 76.7 Å². The Morgan fingerprint density at radius 2 is 2.04 bits per heavy atom. The van der Waals surface area contributed by atoms with Crippen molar-refractivity contribution in [1.29, 1.82) is 0 Å². The number of fused-ring (bicyclic) bond motifs is 1. The monoisotopic (exact) mass is 335 g/mol. The quantitative estimate of drug-likeness (QED) is 0.768. The molecule has 0 fully saturated rings. The van der Waals surface area contributed by atoms with Crippen molar-refractivity contribution in [2.75, 3.05) is 5.32 Å². The predicted octanol–water partition coefficient (Wildman–Crippen LogP) is 3.24. The zero-order valence-electron chi connectivity index (χ0n) is 13.6. The fourth-order valence-corrected chi connectivity index (χ4v) is 3.05. The van der Waals surface area contributed by atoms with Crippen LogP contribution < -0.4 is 11.1 Å². The molecule has 6 heteroatoms. The van der Waals surface area contributed by atoms with Crippen LogP contribution in [0, 0.1) is 5.82 Å². The van der Waals surface area contributed by atoms with Crippen molar-refractivity contribution in [2.24, 2.45) is 5.73 Å². The van der Waals surface area contributed by atoms with Crippen molar-refractivity contribution in [3.8, 4) is 11.5 Å². The summed E-state index contributed by atoms with van der Waals surface area (Å²) in [6.07, 6.45) is 4.12. The molecule has 3 aromatic rings. The van der Waals surface area contributed by atoms with Gasteiger partial charge in [-0.05, 0) is 49.6 Å². The van der Waals surface area contributed by atoms with Crippen LogP contribution in [0.2, 0.25) is 0 Å². The first-order chi connectivity index (χ1) is 12.2. The van der Waals surface area contributed by atoms with Gasteiger partial charge >= 0.3 is 0 Å². The second kappa shape index (κ2) is 6.57. The average Bonchev–Trinajstić information content (AvgIpc) is 2.63. The van der Waals surface area contributed by atoms with Crippen LogP contribution in [-0.4, -0.2) is 21.0 Å². The predicted molar refractivity (Wildman–Crippen MR) is 94.9 cm³/mol. The van der Waals surface area contributed by atoms with Gasteiger partial charge in [0.25, 0.3) is 0 Å². The molecule has 2 heterocycles. The summed E-state index contributed by atoms with van der Waals surface area (Å²) in [7, 11) is 0. The first-order valence-electron chi connectivity index (χ1n) is 8.28. The molecular weight excluding hydrogens is 317 g/mol. The molecule has 0 radical (unpaired) electrons. The Balaban J connectivity index is 1.80. The number of aromatic nitrogens is 3. The van der Waals surface area contributed by atoms with E-state index in [4.69, 9.17) is 10.7 Å². The van der Waals surface area contributed by atoms with Gasteiger partial charge in [0.05, 0.1) is 0 Å². The molecule has 0 spiro atoms. The van der Waals surface area contributed by atoms with Gasteiger partial charge in [-0.3, -0.25) is 4.98 Å². The van der Waals surface area contributed by atoms with Gasteiger partial charge in [-0.25, -0.2) is 14.4 Å². The highest BCUT2D eigenvalue weighted by Crippen LogP contribution is 2.29. The molecule has 0 bridgehead atoms. The third-order valence-corrected chi connectivity index (χ3v) is 4.29. The third-order valence-electron chi connectivity index (χ3n) is 4.29. The summed E-state index contributed by atoms with van der Waals surface area (Å²) in [6.45, 7) is 0. The normalized spacial score (nSPS) is 16.3. The van der Waals surface area contributed by atoms with E-state index < -0.39 is 0 Å². The Kier molecular flexibility index (Phi) is 4.11. The molecular formula is C19H18FN5. The molecule has 0 saturated heterocycles. The molecule has 1 aromatic carbocycles. The number of halogens is 1. The highest BCUT2D eigenvalue weighted by Gasteiger charge is 2.23. The maximum atomic E-state index is 13.5. The van der Waals surface area contributed by atoms with Crippen molar-refractivity contribution in [3.63, 3.8) is 0 Å². The number of pyridine rings is 1. The van der Waals surface area contributed by atoms with Crippen LogP contribution in [0.1, 0.15) is 17.7 Å². The van der Waals surface area contributed by atoms with Crippen LogP contribution in [0.4, 0.5) is 15.9 Å². The fourth-order valence-electron chi connectivity index (χ4n) is 3.05. The lowest BCUT2D eigenvalue weighted by Gasteiger charge is -2.23. The highest BCUT2D eigenvalue weighted by molar-refractivity contribution is 5.64. The van der Waals surface area contributed by atoms with Gasteiger partial charge in [-0.15, -0.1) is 0 Å². The van der Waals surface area contributed by atoms with E-state index in [0.717, 1.165) is 24.1 Å². The van der Waals surface area contributed by atoms with Crippen LogP contribution >= 0.6 is 0 Å². The van der Waals surface area contributed by atoms with Crippen LogP contribution in [0.3, 0.4) is 0 Å². The summed E-state index contributed by atoms with van der Waals surface area (Å²) >= 11 is 0. The minimum atomic E-state index is -0.297. The van der Waals surface area contributed by atoms with Gasteiger partial charge in [0, 0.05) is 29.2 Å². The maximum absolute atomic E-state index is 13.5. The van der Waals surface area contributed by atoms with E-state index >= 15 is 0 Å². The average molecular weight is 335 g/mol. The largest absolute Gasteiger partial charge is 0.340 e. The van der Waals surface area contributed by atoms with Crippen molar-refractivity contribution < 1.29 is 4.39 Å². The number of hydrogen-bond acceptors (Lipinski definition) is 5. The lowest BCUT2D eigenvalue weighted by Crippen LogP contribution is -2.29.